The van der Waals surface area contributed by atoms with Crippen molar-refractivity contribution in [2.24, 2.45) is 0 Å². The molecule has 0 aliphatic carbocycles. The van der Waals surface area contributed by atoms with Crippen LogP contribution in [0.2, 0.25) is 0 Å². The topological polar surface area (TPSA) is 50.9 Å². The highest BCUT2D eigenvalue weighted by atomic mass is 16.3. The average molecular weight is 175 g/mol. The SMILES string of the molecule is OCn1cc(-c2ccccc2)nn1. The van der Waals surface area contributed by atoms with E-state index in [-0.39, 0.29) is 6.73 Å². The van der Waals surface area contributed by atoms with Crippen LogP contribution in [0, 0.1) is 0 Å². The van der Waals surface area contributed by atoms with Crippen LogP contribution in [0.25, 0.3) is 11.3 Å². The predicted octanol–water partition coefficient (Wildman–Crippen LogP) is 0.895. The molecule has 2 aromatic rings. The van der Waals surface area contributed by atoms with Gasteiger partial charge in [0.1, 0.15) is 12.4 Å². The Kier molecular flexibility index (Phi) is 2.06. The lowest BCUT2D eigenvalue weighted by atomic mass is 10.2. The molecule has 0 saturated carbocycles. The van der Waals surface area contributed by atoms with Crippen molar-refractivity contribution in [1.29, 1.82) is 0 Å². The van der Waals surface area contributed by atoms with Crippen molar-refractivity contribution in [3.05, 3.63) is 36.5 Å². The third-order valence-electron chi connectivity index (χ3n) is 1.75. The predicted molar refractivity (Wildman–Crippen MR) is 47.7 cm³/mol. The summed E-state index contributed by atoms with van der Waals surface area (Å²) >= 11 is 0. The second kappa shape index (κ2) is 3.37. The summed E-state index contributed by atoms with van der Waals surface area (Å²) in [6, 6.07) is 9.72. The van der Waals surface area contributed by atoms with Crippen LogP contribution in [0.4, 0.5) is 0 Å². The summed E-state index contributed by atoms with van der Waals surface area (Å²) < 4.78 is 1.38. The van der Waals surface area contributed by atoms with Crippen LogP contribution in [0.5, 0.6) is 0 Å². The number of aliphatic hydroxyl groups is 1. The molecule has 4 nitrogen and oxygen atoms in total. The number of benzene rings is 1. The Morgan fingerprint density at radius 2 is 2.00 bits per heavy atom. The molecule has 2 rings (SSSR count). The fraction of sp³-hybridized carbons (Fsp3) is 0.111. The largest absolute Gasteiger partial charge is 0.374 e. The first-order valence-corrected chi connectivity index (χ1v) is 3.96. The van der Waals surface area contributed by atoms with Crippen LogP contribution in [-0.4, -0.2) is 20.1 Å². The maximum atomic E-state index is 8.76. The molecule has 1 heterocycles. The molecular formula is C9H9N3O. The highest BCUT2D eigenvalue weighted by Gasteiger charge is 2.00. The molecule has 1 aromatic heterocycles. The zero-order chi connectivity index (χ0) is 9.10. The normalized spacial score (nSPS) is 10.2. The molecule has 66 valence electrons. The van der Waals surface area contributed by atoms with Gasteiger partial charge in [0.05, 0.1) is 6.20 Å². The molecule has 0 unspecified atom stereocenters. The molecular weight excluding hydrogens is 166 g/mol. The van der Waals surface area contributed by atoms with Gasteiger partial charge in [0.2, 0.25) is 0 Å². The molecule has 0 atom stereocenters. The maximum Gasteiger partial charge on any atom is 0.137 e. The van der Waals surface area contributed by atoms with Gasteiger partial charge in [-0.25, -0.2) is 4.68 Å². The first-order valence-electron chi connectivity index (χ1n) is 3.96. The van der Waals surface area contributed by atoms with Crippen LogP contribution in [0.3, 0.4) is 0 Å². The summed E-state index contributed by atoms with van der Waals surface area (Å²) in [6.45, 7) is -0.139. The molecule has 0 saturated heterocycles. The molecule has 0 fully saturated rings. The van der Waals surface area contributed by atoms with E-state index in [1.54, 1.807) is 6.20 Å². The van der Waals surface area contributed by atoms with Gasteiger partial charge < -0.3 is 5.11 Å². The lowest BCUT2D eigenvalue weighted by Gasteiger charge is -1.92. The Morgan fingerprint density at radius 1 is 1.23 bits per heavy atom. The Morgan fingerprint density at radius 3 is 2.62 bits per heavy atom. The summed E-state index contributed by atoms with van der Waals surface area (Å²) in [5, 5.41) is 16.4. The second-order valence-electron chi connectivity index (χ2n) is 2.65. The van der Waals surface area contributed by atoms with E-state index in [2.05, 4.69) is 10.3 Å². The van der Waals surface area contributed by atoms with E-state index in [1.807, 2.05) is 30.3 Å². The van der Waals surface area contributed by atoms with E-state index >= 15 is 0 Å². The van der Waals surface area contributed by atoms with Crippen molar-refractivity contribution < 1.29 is 5.11 Å². The molecule has 0 aliphatic heterocycles. The molecule has 4 heteroatoms. The van der Waals surface area contributed by atoms with Crippen molar-refractivity contribution in [2.45, 2.75) is 6.73 Å². The number of aliphatic hydroxyl groups excluding tert-OH is 1. The van der Waals surface area contributed by atoms with E-state index in [4.69, 9.17) is 5.11 Å². The van der Waals surface area contributed by atoms with Crippen molar-refractivity contribution in [3.8, 4) is 11.3 Å². The zero-order valence-electron chi connectivity index (χ0n) is 6.96. The first-order chi connectivity index (χ1) is 6.40. The third kappa shape index (κ3) is 1.57. The van der Waals surface area contributed by atoms with E-state index < -0.39 is 0 Å². The van der Waals surface area contributed by atoms with Gasteiger partial charge in [-0.15, -0.1) is 5.10 Å². The maximum absolute atomic E-state index is 8.76. The van der Waals surface area contributed by atoms with E-state index in [1.165, 1.54) is 4.68 Å². The summed E-state index contributed by atoms with van der Waals surface area (Å²) in [7, 11) is 0. The van der Waals surface area contributed by atoms with E-state index in [9.17, 15) is 0 Å². The van der Waals surface area contributed by atoms with Gasteiger partial charge >= 0.3 is 0 Å². The Hall–Kier alpha value is -1.68. The van der Waals surface area contributed by atoms with Crippen molar-refractivity contribution in [1.82, 2.24) is 15.0 Å². The van der Waals surface area contributed by atoms with E-state index in [0.717, 1.165) is 11.3 Å². The highest BCUT2D eigenvalue weighted by Crippen LogP contribution is 2.14. The fourth-order valence-corrected chi connectivity index (χ4v) is 1.11. The molecule has 0 spiro atoms. The third-order valence-corrected chi connectivity index (χ3v) is 1.75. The van der Waals surface area contributed by atoms with Gasteiger partial charge in [0, 0.05) is 5.56 Å². The minimum atomic E-state index is -0.139. The fourth-order valence-electron chi connectivity index (χ4n) is 1.11. The van der Waals surface area contributed by atoms with Crippen LogP contribution in [0.15, 0.2) is 36.5 Å². The molecule has 0 bridgehead atoms. The Balaban J connectivity index is 2.36. The van der Waals surface area contributed by atoms with Gasteiger partial charge in [-0.1, -0.05) is 35.5 Å². The lowest BCUT2D eigenvalue weighted by molar-refractivity contribution is 0.192. The molecule has 13 heavy (non-hydrogen) atoms. The monoisotopic (exact) mass is 175 g/mol. The van der Waals surface area contributed by atoms with Crippen molar-refractivity contribution >= 4 is 0 Å². The van der Waals surface area contributed by atoms with Gasteiger partial charge in [0.15, 0.2) is 0 Å². The molecule has 1 N–H and O–H groups in total. The standard InChI is InChI=1S/C9H9N3O/c13-7-12-6-9(10-11-12)8-4-2-1-3-5-8/h1-6,13H,7H2. The van der Waals surface area contributed by atoms with Crippen LogP contribution >= 0.6 is 0 Å². The Labute approximate surface area is 75.4 Å². The molecule has 1 aromatic carbocycles. The van der Waals surface area contributed by atoms with Crippen molar-refractivity contribution in [2.75, 3.05) is 0 Å². The van der Waals surface area contributed by atoms with Gasteiger partial charge in [-0.3, -0.25) is 0 Å². The van der Waals surface area contributed by atoms with Crippen LogP contribution in [-0.2, 0) is 6.73 Å². The van der Waals surface area contributed by atoms with Gasteiger partial charge in [0.25, 0.3) is 0 Å². The Bertz CT molecular complexity index is 383. The average Bonchev–Trinajstić information content (AvgIpc) is 2.67. The van der Waals surface area contributed by atoms with Crippen LogP contribution in [0.1, 0.15) is 0 Å². The first kappa shape index (κ1) is 7.94. The van der Waals surface area contributed by atoms with Gasteiger partial charge in [-0.05, 0) is 0 Å². The number of rotatable bonds is 2. The quantitative estimate of drug-likeness (QED) is 0.737. The number of hydrogen-bond donors (Lipinski definition) is 1. The number of aromatic nitrogens is 3. The molecule has 0 radical (unpaired) electrons. The second-order valence-corrected chi connectivity index (χ2v) is 2.65. The number of nitrogens with zero attached hydrogens (tertiary/aromatic N) is 3. The van der Waals surface area contributed by atoms with Crippen molar-refractivity contribution in [3.63, 3.8) is 0 Å². The zero-order valence-corrected chi connectivity index (χ0v) is 6.96. The van der Waals surface area contributed by atoms with Crippen LogP contribution < -0.4 is 0 Å². The smallest absolute Gasteiger partial charge is 0.137 e. The summed E-state index contributed by atoms with van der Waals surface area (Å²) in [6.07, 6.45) is 1.70. The molecule has 0 amide bonds. The molecule has 0 aliphatic rings. The summed E-state index contributed by atoms with van der Waals surface area (Å²) in [5.74, 6) is 0. The highest BCUT2D eigenvalue weighted by molar-refractivity contribution is 5.56. The summed E-state index contributed by atoms with van der Waals surface area (Å²) in [4.78, 5) is 0. The minimum Gasteiger partial charge on any atom is -0.374 e. The minimum absolute atomic E-state index is 0.139. The van der Waals surface area contributed by atoms with E-state index in [0.29, 0.717) is 0 Å². The van der Waals surface area contributed by atoms with Gasteiger partial charge in [-0.2, -0.15) is 0 Å². The lowest BCUT2D eigenvalue weighted by Crippen LogP contribution is -1.95. The summed E-state index contributed by atoms with van der Waals surface area (Å²) in [5.41, 5.74) is 1.77. The number of hydrogen-bond acceptors (Lipinski definition) is 3.